The number of nitrogens with one attached hydrogen (secondary N) is 6. The molecule has 0 spiro atoms. The fourth-order valence-electron chi connectivity index (χ4n) is 10.2. The first-order chi connectivity index (χ1) is 47.2. The van der Waals surface area contributed by atoms with Crippen molar-refractivity contribution in [1.82, 2.24) is 51.4 Å². The molecular formula is C63H89N11O23S. The van der Waals surface area contributed by atoms with E-state index >= 15 is 0 Å². The molecular weight excluding hydrogens is 1310 g/mol. The molecule has 0 saturated heterocycles. The number of aliphatic hydroxyl groups is 1. The first-order valence-electron chi connectivity index (χ1n) is 32.3. The molecule has 35 heteroatoms. The van der Waals surface area contributed by atoms with Crippen LogP contribution in [0.15, 0.2) is 40.5 Å². The van der Waals surface area contributed by atoms with Crippen LogP contribution in [-0.2, 0) is 111 Å². The minimum absolute atomic E-state index is 0.0170. The Kier molecular flexibility index (Phi) is 31.3. The van der Waals surface area contributed by atoms with E-state index in [4.69, 9.17) is 67.6 Å². The molecule has 0 radical (unpaired) electrons. The molecule has 34 nitrogen and oxygen atoms in total. The molecule has 6 amide bonds. The van der Waals surface area contributed by atoms with Crippen LogP contribution in [0.4, 0.5) is 0 Å². The summed E-state index contributed by atoms with van der Waals surface area (Å²) in [5, 5.41) is 27.7. The van der Waals surface area contributed by atoms with Gasteiger partial charge in [-0.1, -0.05) is 20.8 Å². The summed E-state index contributed by atoms with van der Waals surface area (Å²) >= 11 is 0. The van der Waals surface area contributed by atoms with Gasteiger partial charge in [0.1, 0.15) is 31.9 Å². The topological polar surface area (TPSA) is 443 Å². The third kappa shape index (κ3) is 23.1. The number of nitrogens with zero attached hydrogens (tertiary/aromatic N) is 4. The van der Waals surface area contributed by atoms with E-state index in [2.05, 4.69) is 41.9 Å². The number of carbonyl (C=O) groups excluding carboxylic acids is 7. The molecule has 3 aliphatic rings. The predicted octanol–water partition coefficient (Wildman–Crippen LogP) is -1.82. The van der Waals surface area contributed by atoms with Gasteiger partial charge in [-0.15, -0.1) is 0 Å². The first-order valence-corrected chi connectivity index (χ1v) is 34.2. The zero-order valence-corrected chi connectivity index (χ0v) is 56.4. The lowest BCUT2D eigenvalue weighted by Crippen LogP contribution is -2.56. The summed E-state index contributed by atoms with van der Waals surface area (Å²) in [6, 6.07) is 2.78. The average molecular weight is 1400 g/mol. The Labute approximate surface area is 565 Å². The van der Waals surface area contributed by atoms with Gasteiger partial charge in [-0.05, 0) is 55.8 Å². The fraction of sp³-hybridized carbons (Fsp3) is 0.603. The summed E-state index contributed by atoms with van der Waals surface area (Å²) in [6.07, 6.45) is 4.39. The van der Waals surface area contributed by atoms with Crippen molar-refractivity contribution in [2.45, 2.75) is 89.0 Å². The smallest absolute Gasteiger partial charge is 0.343 e. The van der Waals surface area contributed by atoms with Gasteiger partial charge in [-0.3, -0.25) is 33.6 Å². The number of carbonyl (C=O) groups is 7. The van der Waals surface area contributed by atoms with Crippen molar-refractivity contribution in [2.75, 3.05) is 158 Å². The molecule has 0 saturated carbocycles. The summed E-state index contributed by atoms with van der Waals surface area (Å²) < 4.78 is 90.0. The molecule has 9 N–H and O–H groups in total. The van der Waals surface area contributed by atoms with E-state index in [1.165, 1.54) is 4.57 Å². The fourth-order valence-corrected chi connectivity index (χ4v) is 10.7. The van der Waals surface area contributed by atoms with Gasteiger partial charge in [0.25, 0.3) is 11.5 Å². The van der Waals surface area contributed by atoms with Crippen LogP contribution in [-0.4, -0.2) is 245 Å². The number of benzene rings is 1. The number of unbranched alkanes of at least 4 members (excludes halogenated alkanes) is 1. The van der Waals surface area contributed by atoms with E-state index < -0.39 is 100 Å². The standard InChI is InChI=1S/C63H89N11O23S/c1-5-63(83)46-29-49-56-44(35-74(49)60(81)45(46)36-95-61(63)82)43(42-28-50-51(97-39-96-50)30-48(42)71-56)33-67-52(75)34-68-58(79)47(8-6-7-9-64)72-59(80)55(40(2)3)73-54(77)38-94-37-53(76)65-10-12-86-14-16-88-18-20-90-22-24-92-26-27-93-25-23-91-21-19-89-17-15-87-13-11-66-57(78)41-31-69-62(70-32-41)98(4,84)85/h28-32,40,47,55,83H,5-27,33-39,64H2,1-4H3,(H,65,76)(H,66,78)(H,67,75)(H,68,79)(H,72,80)(H,73,77)/t47-,55-,63-/m0/s1. The number of aromatic nitrogens is 4. The zero-order valence-electron chi connectivity index (χ0n) is 55.5. The van der Waals surface area contributed by atoms with E-state index in [1.54, 1.807) is 39.0 Å². The van der Waals surface area contributed by atoms with Crippen LogP contribution < -0.4 is 52.7 Å². The number of amides is 6. The third-order valence-corrected chi connectivity index (χ3v) is 16.3. The predicted molar refractivity (Wildman–Crippen MR) is 345 cm³/mol. The summed E-state index contributed by atoms with van der Waals surface area (Å²) in [4.78, 5) is 118. The Morgan fingerprint density at radius 3 is 1.80 bits per heavy atom. The molecule has 7 rings (SSSR count). The number of cyclic esters (lactones) is 1. The molecule has 540 valence electrons. The monoisotopic (exact) mass is 1400 g/mol. The lowest BCUT2D eigenvalue weighted by Gasteiger charge is -2.31. The number of sulfone groups is 1. The Bertz CT molecular complexity index is 3530. The number of fused-ring (bicyclic) bond motifs is 6. The Balaban J connectivity index is 0.687. The van der Waals surface area contributed by atoms with E-state index in [-0.39, 0.29) is 94.1 Å². The van der Waals surface area contributed by atoms with E-state index in [0.717, 1.165) is 18.6 Å². The van der Waals surface area contributed by atoms with Gasteiger partial charge in [-0.2, -0.15) is 0 Å². The highest BCUT2D eigenvalue weighted by molar-refractivity contribution is 7.90. The highest BCUT2D eigenvalue weighted by Crippen LogP contribution is 2.43. The first kappa shape index (κ1) is 77.4. The van der Waals surface area contributed by atoms with Crippen LogP contribution in [0.2, 0.25) is 0 Å². The SMILES string of the molecule is CC[C@@]1(O)C(=O)OCc2c1cc1n(c2=O)Cc2c-1nc1cc3c(cc1c2CNC(=O)CNC(=O)[C@H](CCCCN)NC(=O)[C@@H](NC(=O)COCC(=O)NCCOCCOCCOCCOCCOCCOCCOCCOCCNC(=O)c1cnc(S(C)(=O)=O)nc1)C(C)C)OCO3. The van der Waals surface area contributed by atoms with Crippen molar-refractivity contribution in [3.8, 4) is 22.9 Å². The van der Waals surface area contributed by atoms with Crippen LogP contribution in [0.1, 0.15) is 79.1 Å². The summed E-state index contributed by atoms with van der Waals surface area (Å²) in [7, 11) is -3.55. The maximum atomic E-state index is 14.0. The molecule has 6 heterocycles. The van der Waals surface area contributed by atoms with Crippen molar-refractivity contribution in [1.29, 1.82) is 0 Å². The Morgan fingerprint density at radius 1 is 0.673 bits per heavy atom. The van der Waals surface area contributed by atoms with Gasteiger partial charge in [0.15, 0.2) is 17.1 Å². The lowest BCUT2D eigenvalue weighted by molar-refractivity contribution is -0.172. The summed E-state index contributed by atoms with van der Waals surface area (Å²) in [5.41, 5.74) is 6.07. The van der Waals surface area contributed by atoms with Crippen LogP contribution in [0.25, 0.3) is 22.3 Å². The molecule has 3 aliphatic heterocycles. The summed E-state index contributed by atoms with van der Waals surface area (Å²) in [5.74, 6) is -3.96. The second-order valence-electron chi connectivity index (χ2n) is 22.9. The average Bonchev–Trinajstić information content (AvgIpc) is 1.33. The van der Waals surface area contributed by atoms with Crippen molar-refractivity contribution in [2.24, 2.45) is 11.7 Å². The molecule has 4 aromatic rings. The van der Waals surface area contributed by atoms with Crippen LogP contribution >= 0.6 is 0 Å². The maximum Gasteiger partial charge on any atom is 0.343 e. The number of rotatable bonds is 47. The van der Waals surface area contributed by atoms with Gasteiger partial charge in [0, 0.05) is 60.9 Å². The highest BCUT2D eigenvalue weighted by atomic mass is 32.2. The second-order valence-corrected chi connectivity index (χ2v) is 24.8. The van der Waals surface area contributed by atoms with Crippen molar-refractivity contribution in [3.63, 3.8) is 0 Å². The number of ether oxygens (including phenoxy) is 12. The molecule has 0 unspecified atom stereocenters. The number of hydrogen-bond donors (Lipinski definition) is 8. The van der Waals surface area contributed by atoms with Gasteiger partial charge in [0.2, 0.25) is 51.3 Å². The Morgan fingerprint density at radius 2 is 1.23 bits per heavy atom. The van der Waals surface area contributed by atoms with Crippen molar-refractivity contribution >= 4 is 62.2 Å². The molecule has 0 bridgehead atoms. The van der Waals surface area contributed by atoms with Crippen molar-refractivity contribution in [3.05, 3.63) is 68.8 Å². The number of hydrogen-bond acceptors (Lipinski definition) is 27. The highest BCUT2D eigenvalue weighted by Gasteiger charge is 2.46. The van der Waals surface area contributed by atoms with Gasteiger partial charge < -0.3 is 104 Å². The quantitative estimate of drug-likeness (QED) is 0.0121. The largest absolute Gasteiger partial charge is 0.458 e. The van der Waals surface area contributed by atoms with E-state index in [0.29, 0.717) is 150 Å². The lowest BCUT2D eigenvalue weighted by atomic mass is 9.86. The zero-order chi connectivity index (χ0) is 70.5. The number of esters is 1. The molecule has 3 aromatic heterocycles. The molecule has 1 aromatic carbocycles. The van der Waals surface area contributed by atoms with Crippen LogP contribution in [0.5, 0.6) is 11.5 Å². The van der Waals surface area contributed by atoms with E-state index in [9.17, 15) is 51.9 Å². The molecule has 3 atom stereocenters. The third-order valence-electron chi connectivity index (χ3n) is 15.4. The minimum Gasteiger partial charge on any atom is -0.458 e. The molecule has 0 fully saturated rings. The second kappa shape index (κ2) is 39.6. The normalized spacial score (nSPS) is 15.0. The van der Waals surface area contributed by atoms with Crippen LogP contribution in [0, 0.1) is 5.92 Å². The Hall–Kier alpha value is -7.94. The van der Waals surface area contributed by atoms with Gasteiger partial charge >= 0.3 is 5.97 Å². The molecule has 98 heavy (non-hydrogen) atoms. The van der Waals surface area contributed by atoms with Crippen molar-refractivity contribution < 1.29 is 104 Å². The summed E-state index contributed by atoms with van der Waals surface area (Å²) in [6.45, 7) is 9.38. The maximum absolute atomic E-state index is 14.0. The van der Waals surface area contributed by atoms with E-state index in [1.807, 2.05) is 0 Å². The molecule has 0 aliphatic carbocycles. The number of pyridine rings is 2. The minimum atomic E-state index is -3.55. The number of nitrogens with two attached hydrogens (primary N) is 1. The van der Waals surface area contributed by atoms with Gasteiger partial charge in [0.05, 0.1) is 147 Å². The van der Waals surface area contributed by atoms with Crippen LogP contribution in [0.3, 0.4) is 0 Å². The van der Waals surface area contributed by atoms with Gasteiger partial charge in [-0.25, -0.2) is 28.2 Å².